The van der Waals surface area contributed by atoms with Gasteiger partial charge in [0.05, 0.1) is 16.8 Å². The maximum atomic E-state index is 11.7. The molecular formula is C21H33IN4O17P2. The molecule has 0 radical (unpaired) electrons. The zero-order valence-corrected chi connectivity index (χ0v) is 26.3. The lowest BCUT2D eigenvalue weighted by molar-refractivity contribution is -0.118. The number of halogens is 1. The molecule has 10 N–H and O–H groups in total. The van der Waals surface area contributed by atoms with Crippen LogP contribution in [0.4, 0.5) is 0 Å². The number of nitrogens with one attached hydrogen (secondary N) is 2. The molecule has 8 atom stereocenters. The van der Waals surface area contributed by atoms with Crippen LogP contribution in [0.2, 0.25) is 0 Å². The van der Waals surface area contributed by atoms with Crippen LogP contribution in [0.5, 0.6) is 0 Å². The fourth-order valence-electron chi connectivity index (χ4n) is 4.05. The first-order valence-electron chi connectivity index (χ1n) is 12.1. The van der Waals surface area contributed by atoms with E-state index >= 15 is 0 Å². The summed E-state index contributed by atoms with van der Waals surface area (Å²) in [6, 6.07) is 0. The number of carbonyl (C=O) groups excluding carboxylic acids is 1. The van der Waals surface area contributed by atoms with Gasteiger partial charge in [0.2, 0.25) is 0 Å². The lowest BCUT2D eigenvalue weighted by Crippen LogP contribution is -2.47. The molecule has 256 valence electrons. The van der Waals surface area contributed by atoms with Crippen LogP contribution in [-0.4, -0.2) is 116 Å². The normalized spacial score (nSPS) is 30.3. The molecule has 1 aromatic heterocycles. The largest absolute Gasteiger partial charge is 0.469 e. The summed E-state index contributed by atoms with van der Waals surface area (Å²) >= 11 is 1.78. The van der Waals surface area contributed by atoms with Crippen molar-refractivity contribution in [3.63, 3.8) is 0 Å². The van der Waals surface area contributed by atoms with Gasteiger partial charge in [0.1, 0.15) is 42.4 Å². The molecule has 2 unspecified atom stereocenters. The van der Waals surface area contributed by atoms with Crippen LogP contribution in [0.1, 0.15) is 19.2 Å². The van der Waals surface area contributed by atoms with E-state index < -0.39 is 89.2 Å². The molecule has 24 heteroatoms. The van der Waals surface area contributed by atoms with Crippen LogP contribution in [0.25, 0.3) is 0 Å². The number of aromatic amines is 1. The molecule has 0 saturated carbocycles. The molecule has 1 aromatic rings. The molecule has 0 bridgehead atoms. The van der Waals surface area contributed by atoms with Crippen LogP contribution in [0.3, 0.4) is 0 Å². The third-order valence-corrected chi connectivity index (χ3v) is 7.96. The van der Waals surface area contributed by atoms with Crippen molar-refractivity contribution < 1.29 is 72.4 Å². The molecule has 0 aliphatic carbocycles. The molecule has 0 spiro atoms. The van der Waals surface area contributed by atoms with Gasteiger partial charge in [-0.2, -0.15) is 0 Å². The highest BCUT2D eigenvalue weighted by molar-refractivity contribution is 14.1. The zero-order valence-electron chi connectivity index (χ0n) is 22.3. The summed E-state index contributed by atoms with van der Waals surface area (Å²) < 4.78 is 41.6. The van der Waals surface area contributed by atoms with Crippen molar-refractivity contribution in [2.75, 3.05) is 13.2 Å². The second-order valence-corrected chi connectivity index (χ2v) is 13.1. The van der Waals surface area contributed by atoms with Gasteiger partial charge >= 0.3 is 21.3 Å². The Balaban J connectivity index is 0.000000307. The first kappa shape index (κ1) is 39.3. The Hall–Kier alpha value is -1.86. The number of aliphatic hydroxyl groups is 4. The SMILES string of the molecule is C.C=C1NC(=O)C(I)=CN1[C@@H]1OC(COP(=O)(O)O)[C@@H](O)[C@H]1O.Cc1cn([C@@H]2OC(COP(=O)(O)O)[C@@H](O)[C@H]2O)c(=O)[nH]c1=O. The monoisotopic (exact) mass is 802 g/mol. The van der Waals surface area contributed by atoms with Crippen LogP contribution in [0, 0.1) is 6.92 Å². The topological polar surface area (TPSA) is 320 Å². The molecule has 2 saturated heterocycles. The summed E-state index contributed by atoms with van der Waals surface area (Å²) in [6.07, 6.45) is -8.19. The van der Waals surface area contributed by atoms with Gasteiger partial charge in [0.15, 0.2) is 12.5 Å². The number of aromatic nitrogens is 2. The number of nitrogens with zero attached hydrogens (tertiary/aromatic N) is 2. The quantitative estimate of drug-likeness (QED) is 0.0921. The predicted octanol–water partition coefficient (Wildman–Crippen LogP) is -3.07. The van der Waals surface area contributed by atoms with E-state index in [9.17, 15) is 43.9 Å². The molecule has 2 fully saturated rings. The van der Waals surface area contributed by atoms with Crippen molar-refractivity contribution >= 4 is 44.1 Å². The Kier molecular flexibility index (Phi) is 13.4. The number of ether oxygens (including phenoxy) is 2. The highest BCUT2D eigenvalue weighted by Gasteiger charge is 2.47. The molecule has 21 nitrogen and oxygen atoms in total. The fraction of sp³-hybridized carbons (Fsp3) is 0.571. The number of rotatable bonds is 8. The van der Waals surface area contributed by atoms with Gasteiger partial charge < -0.3 is 59.7 Å². The van der Waals surface area contributed by atoms with Crippen molar-refractivity contribution in [3.8, 4) is 0 Å². The second kappa shape index (κ2) is 15.4. The van der Waals surface area contributed by atoms with E-state index in [0.717, 1.165) is 10.8 Å². The van der Waals surface area contributed by atoms with Crippen LogP contribution in [0.15, 0.2) is 38.0 Å². The van der Waals surface area contributed by atoms with Gasteiger partial charge in [0.25, 0.3) is 11.5 Å². The summed E-state index contributed by atoms with van der Waals surface area (Å²) in [5.41, 5.74) is -1.28. The Bertz CT molecular complexity index is 1490. The summed E-state index contributed by atoms with van der Waals surface area (Å²) in [6.45, 7) is 3.75. The fourth-order valence-corrected chi connectivity index (χ4v) is 5.17. The Morgan fingerprint density at radius 1 is 0.911 bits per heavy atom. The number of hydrogen-bond donors (Lipinski definition) is 10. The first-order chi connectivity index (χ1) is 20.2. The molecule has 4 rings (SSSR count). The van der Waals surface area contributed by atoms with E-state index in [-0.39, 0.29) is 24.7 Å². The van der Waals surface area contributed by atoms with Crippen LogP contribution in [-0.2, 0) is 32.4 Å². The molecule has 1 amide bonds. The van der Waals surface area contributed by atoms with E-state index in [1.807, 2.05) is 4.98 Å². The van der Waals surface area contributed by atoms with E-state index in [1.165, 1.54) is 18.0 Å². The van der Waals surface area contributed by atoms with Crippen LogP contribution >= 0.6 is 38.2 Å². The van der Waals surface area contributed by atoms with Crippen molar-refractivity contribution in [3.05, 3.63) is 54.8 Å². The van der Waals surface area contributed by atoms with E-state index in [2.05, 4.69) is 20.9 Å². The Morgan fingerprint density at radius 2 is 1.38 bits per heavy atom. The molecule has 45 heavy (non-hydrogen) atoms. The highest BCUT2D eigenvalue weighted by atomic mass is 127. The Morgan fingerprint density at radius 3 is 1.87 bits per heavy atom. The average Bonchev–Trinajstić information content (AvgIpc) is 3.35. The highest BCUT2D eigenvalue weighted by Crippen LogP contribution is 2.39. The number of phosphoric ester groups is 2. The van der Waals surface area contributed by atoms with Crippen LogP contribution < -0.4 is 16.6 Å². The number of H-pyrrole nitrogens is 1. The van der Waals surface area contributed by atoms with Gasteiger partial charge in [-0.25, -0.2) is 13.9 Å². The lowest BCUT2D eigenvalue weighted by atomic mass is 10.1. The summed E-state index contributed by atoms with van der Waals surface area (Å²) in [7, 11) is -9.49. The predicted molar refractivity (Wildman–Crippen MR) is 157 cm³/mol. The minimum Gasteiger partial charge on any atom is -0.387 e. The van der Waals surface area contributed by atoms with Crippen molar-refractivity contribution in [2.24, 2.45) is 0 Å². The minimum absolute atomic E-state index is 0. The summed E-state index contributed by atoms with van der Waals surface area (Å²) in [4.78, 5) is 72.4. The van der Waals surface area contributed by atoms with Crippen molar-refractivity contribution in [1.29, 1.82) is 0 Å². The molecule has 4 heterocycles. The first-order valence-corrected chi connectivity index (χ1v) is 16.3. The molecule has 3 aliphatic heterocycles. The van der Waals surface area contributed by atoms with Crippen molar-refractivity contribution in [1.82, 2.24) is 19.8 Å². The van der Waals surface area contributed by atoms with Gasteiger partial charge in [-0.1, -0.05) is 14.0 Å². The summed E-state index contributed by atoms with van der Waals surface area (Å²) in [5, 5.41) is 42.1. The lowest BCUT2D eigenvalue weighted by Gasteiger charge is -2.33. The number of carbonyl (C=O) groups is 1. The van der Waals surface area contributed by atoms with Gasteiger partial charge in [0, 0.05) is 18.0 Å². The standard InChI is InChI=1S/C10H14IN2O8P.C10H15N2O9P.CH4/c1-4-12-9(16)5(11)2-13(4)10-8(15)7(14)6(21-10)3-20-22(17,18)19;1-4-2-12(10(16)11-8(4)15)9-7(14)6(13)5(21-9)3-20-22(17,18)19;/h2,6-8,10,14-15H,1,3H2,(H,12,16)(H2,17,18,19);2,5-7,9,13-14H,3H2,1H3,(H,11,15,16)(H2,17,18,19);1H4/t6?,7-,8-,10-;5?,6-,7-,9-;/m11./s1. The molecular weight excluding hydrogens is 769 g/mol. The number of phosphoric acid groups is 2. The maximum Gasteiger partial charge on any atom is 0.469 e. The molecule has 3 aliphatic rings. The average molecular weight is 802 g/mol. The third-order valence-electron chi connectivity index (χ3n) is 6.22. The maximum absolute atomic E-state index is 11.7. The number of amides is 1. The Labute approximate surface area is 267 Å². The smallest absolute Gasteiger partial charge is 0.387 e. The summed E-state index contributed by atoms with van der Waals surface area (Å²) in [5.74, 6) is -0.227. The van der Waals surface area contributed by atoms with Gasteiger partial charge in [-0.05, 0) is 29.5 Å². The molecule has 0 aromatic carbocycles. The van der Waals surface area contributed by atoms with Crippen molar-refractivity contribution in [2.45, 2.75) is 63.4 Å². The number of hydrogen-bond acceptors (Lipinski definition) is 14. The number of aliphatic hydroxyl groups excluding tert-OH is 4. The van der Waals surface area contributed by atoms with Gasteiger partial charge in [-0.15, -0.1) is 0 Å². The minimum atomic E-state index is -4.77. The number of aryl methyl sites for hydroxylation is 1. The van der Waals surface area contributed by atoms with E-state index in [1.54, 1.807) is 22.6 Å². The van der Waals surface area contributed by atoms with Gasteiger partial charge in [-0.3, -0.25) is 28.2 Å². The van der Waals surface area contributed by atoms with E-state index in [4.69, 9.17) is 29.0 Å². The van der Waals surface area contributed by atoms with E-state index in [0.29, 0.717) is 3.58 Å². The zero-order chi connectivity index (χ0) is 33.3. The third kappa shape index (κ3) is 10.1. The second-order valence-electron chi connectivity index (χ2n) is 9.43.